The van der Waals surface area contributed by atoms with E-state index in [1.165, 1.54) is 4.88 Å². The van der Waals surface area contributed by atoms with E-state index in [0.717, 1.165) is 47.7 Å². The van der Waals surface area contributed by atoms with Gasteiger partial charge in [-0.3, -0.25) is 4.79 Å². The number of hydrogen-bond donors (Lipinski definition) is 2. The van der Waals surface area contributed by atoms with E-state index >= 15 is 0 Å². The molecule has 1 amide bonds. The lowest BCUT2D eigenvalue weighted by Crippen LogP contribution is -2.36. The van der Waals surface area contributed by atoms with Crippen molar-refractivity contribution in [3.63, 3.8) is 0 Å². The van der Waals surface area contributed by atoms with Crippen LogP contribution in [0.3, 0.4) is 0 Å². The number of carbonyl (C=O) groups excluding carboxylic acids is 1. The van der Waals surface area contributed by atoms with Crippen LogP contribution in [0, 0.1) is 0 Å². The highest BCUT2D eigenvalue weighted by Crippen LogP contribution is 2.22. The fourth-order valence-electron chi connectivity index (χ4n) is 2.83. The summed E-state index contributed by atoms with van der Waals surface area (Å²) >= 11 is 5.19. The quantitative estimate of drug-likeness (QED) is 0.309. The number of anilines is 1. The van der Waals surface area contributed by atoms with Gasteiger partial charge in [0.05, 0.1) is 13.1 Å². The van der Waals surface area contributed by atoms with Crippen LogP contribution in [0.15, 0.2) is 45.2 Å². The molecule has 1 fully saturated rings. The predicted octanol–water partition coefficient (Wildman–Crippen LogP) is 4.51. The number of benzene rings is 1. The van der Waals surface area contributed by atoms with Gasteiger partial charge in [-0.2, -0.15) is 0 Å². The second kappa shape index (κ2) is 11.0. The van der Waals surface area contributed by atoms with Crippen LogP contribution in [0.1, 0.15) is 30.2 Å². The van der Waals surface area contributed by atoms with Gasteiger partial charge in [-0.05, 0) is 53.0 Å². The van der Waals surface area contributed by atoms with Crippen LogP contribution in [0.4, 0.5) is 5.69 Å². The molecule has 3 rings (SSSR count). The summed E-state index contributed by atoms with van der Waals surface area (Å²) in [7, 11) is 0. The largest absolute Gasteiger partial charge is 0.357 e. The van der Waals surface area contributed by atoms with Gasteiger partial charge in [-0.1, -0.05) is 12.1 Å². The standard InChI is InChI=1S/C19H23BrN4OS.HI/c1-2-21-19(23-12-17-10-15(20)13-26-17)22-11-14-5-7-16(8-6-14)24-9-3-4-18(24)25;/h5-8,10,13H,2-4,9,11-12H2,1H3,(H2,21,22,23);1H. The maximum Gasteiger partial charge on any atom is 0.227 e. The smallest absolute Gasteiger partial charge is 0.227 e. The molecular formula is C19H24BrIN4OS. The SMILES string of the molecule is CCNC(=NCc1ccc(N2CCCC2=O)cc1)NCc1cc(Br)cs1.I. The minimum atomic E-state index is 0. The fraction of sp³-hybridized carbons (Fsp3) is 0.368. The monoisotopic (exact) mass is 562 g/mol. The third kappa shape index (κ3) is 6.46. The van der Waals surface area contributed by atoms with Crippen molar-refractivity contribution in [2.45, 2.75) is 32.9 Å². The van der Waals surface area contributed by atoms with Crippen LogP contribution in [0.2, 0.25) is 0 Å². The molecule has 0 aliphatic carbocycles. The van der Waals surface area contributed by atoms with Gasteiger partial charge >= 0.3 is 0 Å². The minimum absolute atomic E-state index is 0. The molecule has 1 aliphatic rings. The summed E-state index contributed by atoms with van der Waals surface area (Å²) in [4.78, 5) is 19.6. The molecule has 0 saturated carbocycles. The summed E-state index contributed by atoms with van der Waals surface area (Å²) in [6, 6.07) is 10.2. The number of halogens is 2. The zero-order valence-electron chi connectivity index (χ0n) is 15.2. The van der Waals surface area contributed by atoms with E-state index in [1.807, 2.05) is 29.2 Å². The van der Waals surface area contributed by atoms with E-state index in [2.05, 4.69) is 49.9 Å². The van der Waals surface area contributed by atoms with Crippen molar-refractivity contribution in [2.24, 2.45) is 4.99 Å². The van der Waals surface area contributed by atoms with Crippen molar-refractivity contribution in [1.29, 1.82) is 0 Å². The van der Waals surface area contributed by atoms with Crippen molar-refractivity contribution in [1.82, 2.24) is 10.6 Å². The number of carbonyl (C=O) groups is 1. The number of amides is 1. The topological polar surface area (TPSA) is 56.7 Å². The zero-order valence-corrected chi connectivity index (χ0v) is 19.9. The van der Waals surface area contributed by atoms with E-state index in [1.54, 1.807) is 11.3 Å². The highest BCUT2D eigenvalue weighted by molar-refractivity contribution is 14.0. The van der Waals surface area contributed by atoms with Crippen molar-refractivity contribution >= 4 is 68.8 Å². The lowest BCUT2D eigenvalue weighted by molar-refractivity contribution is -0.117. The Bertz CT molecular complexity index is 778. The van der Waals surface area contributed by atoms with Crippen molar-refractivity contribution in [3.8, 4) is 0 Å². The second-order valence-corrected chi connectivity index (χ2v) is 8.01. The highest BCUT2D eigenvalue weighted by Gasteiger charge is 2.21. The van der Waals surface area contributed by atoms with Crippen LogP contribution in [0.25, 0.3) is 0 Å². The number of nitrogens with one attached hydrogen (secondary N) is 2. The number of guanidine groups is 1. The molecule has 27 heavy (non-hydrogen) atoms. The van der Waals surface area contributed by atoms with Gasteiger partial charge < -0.3 is 15.5 Å². The molecule has 0 atom stereocenters. The number of hydrogen-bond acceptors (Lipinski definition) is 3. The Morgan fingerprint density at radius 1 is 1.30 bits per heavy atom. The summed E-state index contributed by atoms with van der Waals surface area (Å²) in [5.74, 6) is 1.02. The van der Waals surface area contributed by atoms with Gasteiger partial charge in [0, 0.05) is 39.9 Å². The van der Waals surface area contributed by atoms with E-state index in [4.69, 9.17) is 0 Å². The Hall–Kier alpha value is -1.13. The zero-order chi connectivity index (χ0) is 18.4. The Morgan fingerprint density at radius 3 is 2.67 bits per heavy atom. The van der Waals surface area contributed by atoms with Gasteiger partial charge in [0.2, 0.25) is 5.91 Å². The molecule has 1 aliphatic heterocycles. The van der Waals surface area contributed by atoms with Crippen LogP contribution < -0.4 is 15.5 Å². The van der Waals surface area contributed by atoms with E-state index < -0.39 is 0 Å². The summed E-state index contributed by atoms with van der Waals surface area (Å²) in [6.45, 7) is 5.04. The average Bonchev–Trinajstić information content (AvgIpc) is 3.26. The first-order valence-electron chi connectivity index (χ1n) is 8.80. The molecule has 1 saturated heterocycles. The van der Waals surface area contributed by atoms with E-state index in [9.17, 15) is 4.79 Å². The highest BCUT2D eigenvalue weighted by atomic mass is 127. The van der Waals surface area contributed by atoms with Crippen molar-refractivity contribution < 1.29 is 4.79 Å². The molecule has 1 aromatic heterocycles. The lowest BCUT2D eigenvalue weighted by Gasteiger charge is -2.15. The number of aliphatic imine (C=N–C) groups is 1. The first kappa shape index (κ1) is 22.2. The Balaban J connectivity index is 0.00000261. The normalized spacial score (nSPS) is 14.2. The van der Waals surface area contributed by atoms with Gasteiger partial charge in [0.1, 0.15) is 0 Å². The summed E-state index contributed by atoms with van der Waals surface area (Å²) in [5, 5.41) is 8.71. The van der Waals surface area contributed by atoms with Crippen LogP contribution in [-0.4, -0.2) is 25.0 Å². The molecule has 146 valence electrons. The number of thiophene rings is 1. The lowest BCUT2D eigenvalue weighted by atomic mass is 10.2. The van der Waals surface area contributed by atoms with Gasteiger partial charge in [-0.15, -0.1) is 35.3 Å². The van der Waals surface area contributed by atoms with Crippen molar-refractivity contribution in [2.75, 3.05) is 18.0 Å². The Kier molecular flexibility index (Phi) is 9.04. The fourth-order valence-corrected chi connectivity index (χ4v) is 4.22. The molecular weight excluding hydrogens is 539 g/mol. The molecule has 2 heterocycles. The maximum absolute atomic E-state index is 11.8. The van der Waals surface area contributed by atoms with Crippen LogP contribution >= 0.6 is 51.2 Å². The first-order valence-corrected chi connectivity index (χ1v) is 10.5. The molecule has 8 heteroatoms. The molecule has 0 bridgehead atoms. The summed E-state index contributed by atoms with van der Waals surface area (Å²) < 4.78 is 1.11. The first-order chi connectivity index (χ1) is 12.7. The minimum Gasteiger partial charge on any atom is -0.357 e. The van der Waals surface area contributed by atoms with Gasteiger partial charge in [-0.25, -0.2) is 4.99 Å². The summed E-state index contributed by atoms with van der Waals surface area (Å²) in [5.41, 5.74) is 2.10. The van der Waals surface area contributed by atoms with Crippen LogP contribution in [0.5, 0.6) is 0 Å². The van der Waals surface area contributed by atoms with E-state index in [-0.39, 0.29) is 29.9 Å². The molecule has 1 aromatic carbocycles. The van der Waals surface area contributed by atoms with Crippen molar-refractivity contribution in [3.05, 3.63) is 50.6 Å². The molecule has 2 aromatic rings. The second-order valence-electron chi connectivity index (χ2n) is 6.10. The Morgan fingerprint density at radius 2 is 2.07 bits per heavy atom. The summed E-state index contributed by atoms with van der Waals surface area (Å²) in [6.07, 6.45) is 1.61. The van der Waals surface area contributed by atoms with Crippen LogP contribution in [-0.2, 0) is 17.9 Å². The predicted molar refractivity (Wildman–Crippen MR) is 127 cm³/mol. The Labute approximate surface area is 189 Å². The van der Waals surface area contributed by atoms with Gasteiger partial charge in [0.15, 0.2) is 5.96 Å². The maximum atomic E-state index is 11.8. The molecule has 2 N–H and O–H groups in total. The third-order valence-corrected chi connectivity index (χ3v) is 5.83. The molecule has 0 radical (unpaired) electrons. The molecule has 5 nitrogen and oxygen atoms in total. The number of nitrogens with zero attached hydrogens (tertiary/aromatic N) is 2. The third-order valence-electron chi connectivity index (χ3n) is 4.14. The average molecular weight is 563 g/mol. The number of rotatable bonds is 6. The molecule has 0 unspecified atom stereocenters. The molecule has 0 spiro atoms. The van der Waals surface area contributed by atoms with Gasteiger partial charge in [0.25, 0.3) is 0 Å². The van der Waals surface area contributed by atoms with E-state index in [0.29, 0.717) is 13.0 Å².